The summed E-state index contributed by atoms with van der Waals surface area (Å²) in [4.78, 5) is 1.25. The zero-order valence-corrected chi connectivity index (χ0v) is 9.29. The van der Waals surface area contributed by atoms with E-state index in [4.69, 9.17) is 0 Å². The highest BCUT2D eigenvalue weighted by Gasteiger charge is 1.98. The van der Waals surface area contributed by atoms with Crippen LogP contribution in [0.2, 0.25) is 0 Å². The summed E-state index contributed by atoms with van der Waals surface area (Å²) in [6.07, 6.45) is 2.07. The van der Waals surface area contributed by atoms with E-state index in [-0.39, 0.29) is 0 Å². The number of rotatable bonds is 2. The lowest BCUT2D eigenvalue weighted by Crippen LogP contribution is -1.77. The third kappa shape index (κ3) is 2.34. The second-order valence-corrected chi connectivity index (χ2v) is 4.16. The molecule has 2 aromatic rings. The van der Waals surface area contributed by atoms with E-state index in [9.17, 15) is 5.11 Å². The minimum absolute atomic E-state index is 0.305. The average Bonchev–Trinajstić information content (AvgIpc) is 2.30. The summed E-state index contributed by atoms with van der Waals surface area (Å²) in [5, 5.41) is 9.20. The van der Waals surface area contributed by atoms with Gasteiger partial charge in [-0.15, -0.1) is 11.8 Å². The molecule has 0 aromatic heterocycles. The van der Waals surface area contributed by atoms with Gasteiger partial charge in [-0.25, -0.2) is 0 Å². The highest BCUT2D eigenvalue weighted by molar-refractivity contribution is 7.98. The molecule has 2 rings (SSSR count). The van der Waals surface area contributed by atoms with Gasteiger partial charge in [-0.3, -0.25) is 0 Å². The van der Waals surface area contributed by atoms with Crippen molar-refractivity contribution in [2.24, 2.45) is 0 Å². The Morgan fingerprint density at radius 1 is 0.933 bits per heavy atom. The molecule has 0 spiro atoms. The molecule has 0 heterocycles. The van der Waals surface area contributed by atoms with Crippen molar-refractivity contribution in [3.63, 3.8) is 0 Å². The molecule has 0 aliphatic heterocycles. The number of aromatic hydroxyl groups is 1. The first-order valence-corrected chi connectivity index (χ1v) is 5.95. The van der Waals surface area contributed by atoms with Crippen LogP contribution in [0.3, 0.4) is 0 Å². The Labute approximate surface area is 93.8 Å². The summed E-state index contributed by atoms with van der Waals surface area (Å²) in [6.45, 7) is 0. The van der Waals surface area contributed by atoms with Crippen LogP contribution in [-0.2, 0) is 0 Å². The van der Waals surface area contributed by atoms with Gasteiger partial charge < -0.3 is 5.11 Å². The van der Waals surface area contributed by atoms with Crippen molar-refractivity contribution in [3.05, 3.63) is 48.5 Å². The molecule has 0 atom stereocenters. The number of benzene rings is 2. The zero-order chi connectivity index (χ0) is 10.7. The van der Waals surface area contributed by atoms with Crippen LogP contribution in [0.1, 0.15) is 0 Å². The number of thioether (sulfide) groups is 1. The van der Waals surface area contributed by atoms with Gasteiger partial charge in [0.05, 0.1) is 0 Å². The molecular formula is C13H12OS. The van der Waals surface area contributed by atoms with Gasteiger partial charge in [0.25, 0.3) is 0 Å². The third-order valence-corrected chi connectivity index (χ3v) is 3.00. The van der Waals surface area contributed by atoms with E-state index in [1.807, 2.05) is 18.2 Å². The van der Waals surface area contributed by atoms with E-state index < -0.39 is 0 Å². The van der Waals surface area contributed by atoms with E-state index >= 15 is 0 Å². The summed E-state index contributed by atoms with van der Waals surface area (Å²) >= 11 is 1.73. The maximum atomic E-state index is 9.20. The Hall–Kier alpha value is -1.41. The average molecular weight is 216 g/mol. The minimum Gasteiger partial charge on any atom is -0.508 e. The first-order valence-electron chi connectivity index (χ1n) is 4.73. The molecule has 76 valence electrons. The van der Waals surface area contributed by atoms with Crippen LogP contribution >= 0.6 is 11.8 Å². The summed E-state index contributed by atoms with van der Waals surface area (Å²) < 4.78 is 0. The largest absolute Gasteiger partial charge is 0.508 e. The number of phenolic OH excluding ortho intramolecular Hbond substituents is 1. The first-order chi connectivity index (χ1) is 7.29. The number of hydrogen-bond donors (Lipinski definition) is 1. The molecule has 0 saturated heterocycles. The molecule has 0 aliphatic rings. The van der Waals surface area contributed by atoms with Gasteiger partial charge in [-0.05, 0) is 41.6 Å². The number of phenols is 1. The van der Waals surface area contributed by atoms with Crippen LogP contribution in [0.4, 0.5) is 0 Å². The lowest BCUT2D eigenvalue weighted by Gasteiger charge is -2.03. The van der Waals surface area contributed by atoms with Crippen molar-refractivity contribution < 1.29 is 5.11 Å². The standard InChI is InChI=1S/C13H12OS/c1-15-13-4-2-3-11(9-13)10-5-7-12(14)8-6-10/h2-9,14H,1H3. The summed E-state index contributed by atoms with van der Waals surface area (Å²) in [5.74, 6) is 0.305. The van der Waals surface area contributed by atoms with Gasteiger partial charge in [-0.1, -0.05) is 24.3 Å². The van der Waals surface area contributed by atoms with Crippen LogP contribution in [0, 0.1) is 0 Å². The van der Waals surface area contributed by atoms with Crippen molar-refractivity contribution in [2.75, 3.05) is 6.26 Å². The van der Waals surface area contributed by atoms with Crippen LogP contribution in [-0.4, -0.2) is 11.4 Å². The minimum atomic E-state index is 0.305. The Morgan fingerprint density at radius 3 is 2.33 bits per heavy atom. The van der Waals surface area contributed by atoms with Crippen molar-refractivity contribution in [3.8, 4) is 16.9 Å². The Balaban J connectivity index is 2.40. The van der Waals surface area contributed by atoms with Gasteiger partial charge in [0.15, 0.2) is 0 Å². The molecule has 1 N–H and O–H groups in total. The SMILES string of the molecule is CSc1cccc(-c2ccc(O)cc2)c1. The van der Waals surface area contributed by atoms with Crippen LogP contribution in [0.15, 0.2) is 53.4 Å². The summed E-state index contributed by atoms with van der Waals surface area (Å²) in [7, 11) is 0. The fourth-order valence-electron chi connectivity index (χ4n) is 1.46. The van der Waals surface area contributed by atoms with Gasteiger partial charge >= 0.3 is 0 Å². The highest BCUT2D eigenvalue weighted by Crippen LogP contribution is 2.25. The van der Waals surface area contributed by atoms with E-state index in [1.165, 1.54) is 10.5 Å². The molecule has 0 fully saturated rings. The van der Waals surface area contributed by atoms with Crippen LogP contribution in [0.5, 0.6) is 5.75 Å². The quantitative estimate of drug-likeness (QED) is 0.771. The van der Waals surface area contributed by atoms with Crippen molar-refractivity contribution in [1.82, 2.24) is 0 Å². The highest BCUT2D eigenvalue weighted by atomic mass is 32.2. The molecule has 0 aliphatic carbocycles. The van der Waals surface area contributed by atoms with Gasteiger partial charge in [0, 0.05) is 4.90 Å². The van der Waals surface area contributed by atoms with Gasteiger partial charge in [-0.2, -0.15) is 0 Å². The first kappa shape index (κ1) is 10.1. The predicted octanol–water partition coefficient (Wildman–Crippen LogP) is 3.78. The molecule has 15 heavy (non-hydrogen) atoms. The fourth-order valence-corrected chi connectivity index (χ4v) is 1.92. The molecule has 0 bridgehead atoms. The third-order valence-electron chi connectivity index (χ3n) is 2.27. The molecular weight excluding hydrogens is 204 g/mol. The molecule has 0 amide bonds. The predicted molar refractivity (Wildman–Crippen MR) is 65.3 cm³/mol. The van der Waals surface area contributed by atoms with Crippen molar-refractivity contribution in [1.29, 1.82) is 0 Å². The van der Waals surface area contributed by atoms with Gasteiger partial charge in [0.2, 0.25) is 0 Å². The van der Waals surface area contributed by atoms with Crippen molar-refractivity contribution in [2.45, 2.75) is 4.90 Å². The fraction of sp³-hybridized carbons (Fsp3) is 0.0769. The monoisotopic (exact) mass is 216 g/mol. The molecule has 1 nitrogen and oxygen atoms in total. The lowest BCUT2D eigenvalue weighted by atomic mass is 10.1. The second kappa shape index (κ2) is 4.41. The molecule has 0 saturated carbocycles. The molecule has 2 heteroatoms. The molecule has 2 aromatic carbocycles. The van der Waals surface area contributed by atoms with Crippen molar-refractivity contribution >= 4 is 11.8 Å². The zero-order valence-electron chi connectivity index (χ0n) is 8.47. The second-order valence-electron chi connectivity index (χ2n) is 3.28. The maximum Gasteiger partial charge on any atom is 0.115 e. The molecule has 0 radical (unpaired) electrons. The normalized spacial score (nSPS) is 10.2. The molecule has 0 unspecified atom stereocenters. The van der Waals surface area contributed by atoms with E-state index in [2.05, 4.69) is 24.5 Å². The Morgan fingerprint density at radius 2 is 1.67 bits per heavy atom. The van der Waals surface area contributed by atoms with E-state index in [1.54, 1.807) is 23.9 Å². The topological polar surface area (TPSA) is 20.2 Å². The van der Waals surface area contributed by atoms with E-state index in [0.29, 0.717) is 5.75 Å². The van der Waals surface area contributed by atoms with E-state index in [0.717, 1.165) is 5.56 Å². The smallest absolute Gasteiger partial charge is 0.115 e. The van der Waals surface area contributed by atoms with Crippen LogP contribution in [0.25, 0.3) is 11.1 Å². The van der Waals surface area contributed by atoms with Crippen LogP contribution < -0.4 is 0 Å². The Kier molecular flexibility index (Phi) is 2.97. The lowest BCUT2D eigenvalue weighted by molar-refractivity contribution is 0.475. The maximum absolute atomic E-state index is 9.20. The summed E-state index contributed by atoms with van der Waals surface area (Å²) in [6, 6.07) is 15.6. The Bertz CT molecular complexity index is 448. The summed E-state index contributed by atoms with van der Waals surface area (Å²) in [5.41, 5.74) is 2.31. The number of hydrogen-bond acceptors (Lipinski definition) is 2. The van der Waals surface area contributed by atoms with Gasteiger partial charge in [0.1, 0.15) is 5.75 Å².